The zero-order valence-electron chi connectivity index (χ0n) is 20.2. The van der Waals surface area contributed by atoms with Crippen LogP contribution in [0.3, 0.4) is 0 Å². The second-order valence-corrected chi connectivity index (χ2v) is 10.9. The molecule has 36 heavy (non-hydrogen) atoms. The van der Waals surface area contributed by atoms with Crippen molar-refractivity contribution in [3.8, 4) is 11.1 Å². The molecule has 4 rings (SSSR count). The number of anilines is 1. The maximum Gasteiger partial charge on any atom is 0.260 e. The van der Waals surface area contributed by atoms with Crippen LogP contribution in [0.15, 0.2) is 40.2 Å². The van der Waals surface area contributed by atoms with Crippen molar-refractivity contribution in [2.24, 2.45) is 5.73 Å². The summed E-state index contributed by atoms with van der Waals surface area (Å²) in [4.78, 5) is 22.6. The van der Waals surface area contributed by atoms with Crippen molar-refractivity contribution in [2.45, 2.75) is 50.6 Å². The molecular formula is C23H29ClN6O5S. The van der Waals surface area contributed by atoms with Crippen LogP contribution in [0.5, 0.6) is 0 Å². The average molecular weight is 537 g/mol. The van der Waals surface area contributed by atoms with E-state index in [9.17, 15) is 13.2 Å². The maximum atomic E-state index is 13.7. The van der Waals surface area contributed by atoms with E-state index >= 15 is 0 Å². The second-order valence-electron chi connectivity index (χ2n) is 8.75. The van der Waals surface area contributed by atoms with Gasteiger partial charge < -0.3 is 20.5 Å². The monoisotopic (exact) mass is 536 g/mol. The van der Waals surface area contributed by atoms with E-state index in [-0.39, 0.29) is 39.7 Å². The zero-order chi connectivity index (χ0) is 26.0. The fourth-order valence-corrected chi connectivity index (χ4v) is 5.46. The molecule has 0 amide bonds. The van der Waals surface area contributed by atoms with E-state index in [1.807, 2.05) is 6.92 Å². The van der Waals surface area contributed by atoms with Gasteiger partial charge in [0.25, 0.3) is 5.56 Å². The Hall–Kier alpha value is -2.61. The lowest BCUT2D eigenvalue weighted by Crippen LogP contribution is -2.43. The van der Waals surface area contributed by atoms with Crippen LogP contribution in [0.2, 0.25) is 5.02 Å². The summed E-state index contributed by atoms with van der Waals surface area (Å²) in [5.41, 5.74) is 6.49. The minimum atomic E-state index is -3.76. The van der Waals surface area contributed by atoms with Gasteiger partial charge in [0, 0.05) is 40.3 Å². The number of aromatic nitrogens is 3. The van der Waals surface area contributed by atoms with E-state index in [0.29, 0.717) is 42.3 Å². The topological polar surface area (TPSA) is 150 Å². The van der Waals surface area contributed by atoms with Crippen molar-refractivity contribution in [1.82, 2.24) is 19.3 Å². The molecule has 0 unspecified atom stereocenters. The van der Waals surface area contributed by atoms with Crippen LogP contribution in [-0.2, 0) is 26.0 Å². The first-order chi connectivity index (χ1) is 17.1. The number of ether oxygens (including phenoxy) is 2. The molecule has 1 aliphatic rings. The minimum Gasteiger partial charge on any atom is -0.354 e. The van der Waals surface area contributed by atoms with Gasteiger partial charge in [-0.15, -0.1) is 0 Å². The predicted octanol–water partition coefficient (Wildman–Crippen LogP) is 1.93. The Morgan fingerprint density at radius 1 is 1.22 bits per heavy atom. The summed E-state index contributed by atoms with van der Waals surface area (Å²) in [5.74, 6) is 0.378. The number of hydrogen-bond donors (Lipinski definition) is 3. The molecule has 1 aliphatic heterocycles. The molecule has 0 radical (unpaired) electrons. The lowest BCUT2D eigenvalue weighted by molar-refractivity contribution is -0.191. The molecule has 0 spiro atoms. The lowest BCUT2D eigenvalue weighted by atomic mass is 10.1. The summed E-state index contributed by atoms with van der Waals surface area (Å²) in [7, 11) is -3.76. The summed E-state index contributed by atoms with van der Waals surface area (Å²) in [6, 6.07) is 5.39. The van der Waals surface area contributed by atoms with Crippen molar-refractivity contribution in [1.29, 1.82) is 0 Å². The molecule has 0 saturated carbocycles. The van der Waals surface area contributed by atoms with Gasteiger partial charge in [-0.3, -0.25) is 9.36 Å². The van der Waals surface area contributed by atoms with Crippen LogP contribution >= 0.6 is 11.6 Å². The lowest BCUT2D eigenvalue weighted by Gasteiger charge is -2.28. The first kappa shape index (κ1) is 26.5. The van der Waals surface area contributed by atoms with Gasteiger partial charge in [-0.1, -0.05) is 17.7 Å². The Labute approximate surface area is 214 Å². The Morgan fingerprint density at radius 2 is 1.94 bits per heavy atom. The number of nitrogens with one attached hydrogen (secondary N) is 2. The molecule has 11 nitrogen and oxygen atoms in total. The Morgan fingerprint density at radius 3 is 2.58 bits per heavy atom. The highest BCUT2D eigenvalue weighted by Gasteiger charge is 2.24. The van der Waals surface area contributed by atoms with Gasteiger partial charge >= 0.3 is 0 Å². The molecular weight excluding hydrogens is 508 g/mol. The Bertz CT molecular complexity index is 1420. The first-order valence-corrected chi connectivity index (χ1v) is 13.4. The fraction of sp³-hybridized carbons (Fsp3) is 0.435. The molecule has 0 atom stereocenters. The molecule has 3 heterocycles. The van der Waals surface area contributed by atoms with Crippen LogP contribution in [0.25, 0.3) is 22.2 Å². The number of benzene rings is 1. The van der Waals surface area contributed by atoms with E-state index in [0.717, 1.165) is 0 Å². The first-order valence-electron chi connectivity index (χ1n) is 11.5. The van der Waals surface area contributed by atoms with Crippen molar-refractivity contribution in [3.05, 3.63) is 45.8 Å². The van der Waals surface area contributed by atoms with Gasteiger partial charge in [-0.05, 0) is 39.0 Å². The second kappa shape index (κ2) is 10.8. The van der Waals surface area contributed by atoms with Crippen LogP contribution in [0.1, 0.15) is 20.8 Å². The third kappa shape index (κ3) is 5.69. The molecule has 2 aromatic heterocycles. The van der Waals surface area contributed by atoms with Crippen LogP contribution < -0.4 is 21.3 Å². The van der Waals surface area contributed by atoms with E-state index in [1.165, 1.54) is 22.8 Å². The van der Waals surface area contributed by atoms with Crippen LogP contribution in [0, 0.1) is 0 Å². The molecule has 13 heteroatoms. The minimum absolute atomic E-state index is 0.00465. The highest BCUT2D eigenvalue weighted by Crippen LogP contribution is 2.30. The number of hydrogen-bond acceptors (Lipinski definition) is 9. The number of halogens is 1. The largest absolute Gasteiger partial charge is 0.354 e. The summed E-state index contributed by atoms with van der Waals surface area (Å²) in [6.07, 6.45) is 0.918. The van der Waals surface area contributed by atoms with Gasteiger partial charge in [0.05, 0.1) is 30.7 Å². The van der Waals surface area contributed by atoms with Crippen molar-refractivity contribution < 1.29 is 17.9 Å². The van der Waals surface area contributed by atoms with Gasteiger partial charge in [0.15, 0.2) is 6.29 Å². The zero-order valence-corrected chi connectivity index (χ0v) is 21.8. The average Bonchev–Trinajstić information content (AvgIpc) is 2.82. The van der Waals surface area contributed by atoms with E-state index in [4.69, 9.17) is 26.8 Å². The Balaban J connectivity index is 1.82. The summed E-state index contributed by atoms with van der Waals surface area (Å²) < 4.78 is 40.4. The molecule has 3 aromatic rings. The normalized spacial score (nSPS) is 18.6. The Kier molecular flexibility index (Phi) is 7.93. The van der Waals surface area contributed by atoms with E-state index in [2.05, 4.69) is 20.0 Å². The predicted molar refractivity (Wildman–Crippen MR) is 138 cm³/mol. The number of nitrogens with zero attached hydrogens (tertiary/aromatic N) is 3. The van der Waals surface area contributed by atoms with Gasteiger partial charge in [0.1, 0.15) is 5.65 Å². The van der Waals surface area contributed by atoms with Crippen LogP contribution in [0.4, 0.5) is 5.95 Å². The molecule has 0 aliphatic carbocycles. The van der Waals surface area contributed by atoms with Gasteiger partial charge in [-0.2, -0.15) is 4.98 Å². The third-order valence-electron chi connectivity index (χ3n) is 5.42. The molecule has 4 N–H and O–H groups in total. The highest BCUT2D eigenvalue weighted by molar-refractivity contribution is 7.89. The SMILES string of the molecule is CCNc1ncc2cc(-c3ccc(S(=O)(=O)NC(C)C)cc3Cl)c(=O)n(CC3OCC(N)CO3)c2n1. The number of pyridine rings is 1. The van der Waals surface area contributed by atoms with Crippen molar-refractivity contribution >= 4 is 38.6 Å². The maximum absolute atomic E-state index is 13.7. The number of sulfonamides is 1. The van der Waals surface area contributed by atoms with Crippen molar-refractivity contribution in [2.75, 3.05) is 25.1 Å². The van der Waals surface area contributed by atoms with Gasteiger partial charge in [0.2, 0.25) is 16.0 Å². The summed E-state index contributed by atoms with van der Waals surface area (Å²) >= 11 is 6.51. The number of fused-ring (bicyclic) bond motifs is 1. The molecule has 0 bridgehead atoms. The fourth-order valence-electron chi connectivity index (χ4n) is 3.84. The third-order valence-corrected chi connectivity index (χ3v) is 7.39. The standard InChI is InChI=1S/C23H29ClN6O5S/c1-4-26-23-27-9-14-7-18(17-6-5-16(8-19(17)24)36(32,33)29-13(2)3)22(31)30(21(14)28-23)10-20-34-11-15(25)12-35-20/h5-9,13,15,20,29H,4,10-12,25H2,1-3H3,(H,26,27,28). The quantitative estimate of drug-likeness (QED) is 0.392. The summed E-state index contributed by atoms with van der Waals surface area (Å²) in [5, 5.41) is 3.75. The summed E-state index contributed by atoms with van der Waals surface area (Å²) in [6.45, 7) is 6.66. The molecule has 1 fully saturated rings. The van der Waals surface area contributed by atoms with E-state index in [1.54, 1.807) is 26.1 Å². The molecule has 1 aromatic carbocycles. The van der Waals surface area contributed by atoms with Crippen molar-refractivity contribution in [3.63, 3.8) is 0 Å². The van der Waals surface area contributed by atoms with Crippen LogP contribution in [-0.4, -0.2) is 61.1 Å². The smallest absolute Gasteiger partial charge is 0.260 e. The number of rotatable bonds is 8. The van der Waals surface area contributed by atoms with E-state index < -0.39 is 16.3 Å². The molecule has 1 saturated heterocycles. The molecule has 194 valence electrons. The van der Waals surface area contributed by atoms with Gasteiger partial charge in [-0.25, -0.2) is 18.1 Å². The highest BCUT2D eigenvalue weighted by atomic mass is 35.5. The number of nitrogens with two attached hydrogens (primary N) is 1.